The average molecular weight is 321 g/mol. The fourth-order valence-electron chi connectivity index (χ4n) is 2.26. The second-order valence-corrected chi connectivity index (χ2v) is 6.26. The second-order valence-electron chi connectivity index (χ2n) is 4.74. The molecule has 0 unspecified atom stereocenters. The van der Waals surface area contributed by atoms with E-state index in [0.717, 1.165) is 32.7 Å². The van der Waals surface area contributed by atoms with Gasteiger partial charge in [-0.25, -0.2) is 4.39 Å². The molecular weight excluding hydrogens is 307 g/mol. The largest absolute Gasteiger partial charge is 0.360 e. The van der Waals surface area contributed by atoms with Gasteiger partial charge < -0.3 is 10.7 Å². The summed E-state index contributed by atoms with van der Waals surface area (Å²) in [7, 11) is 0. The molecule has 0 fully saturated rings. The number of halogens is 2. The van der Waals surface area contributed by atoms with Crippen molar-refractivity contribution in [2.24, 2.45) is 5.73 Å². The number of H-pyrrole nitrogens is 1. The molecular formula is C16H14ClFN2S. The van der Waals surface area contributed by atoms with Crippen molar-refractivity contribution in [3.05, 3.63) is 59.0 Å². The van der Waals surface area contributed by atoms with E-state index in [1.807, 2.05) is 24.4 Å². The molecule has 0 atom stereocenters. The molecule has 0 spiro atoms. The number of fused-ring (bicyclic) bond motifs is 1. The van der Waals surface area contributed by atoms with Gasteiger partial charge in [-0.05, 0) is 48.9 Å². The summed E-state index contributed by atoms with van der Waals surface area (Å²) in [4.78, 5) is 5.19. The lowest BCUT2D eigenvalue weighted by Crippen LogP contribution is -2.03. The molecule has 0 saturated heterocycles. The van der Waals surface area contributed by atoms with Crippen LogP contribution in [0.25, 0.3) is 10.9 Å². The summed E-state index contributed by atoms with van der Waals surface area (Å²) >= 11 is 7.66. The maximum atomic E-state index is 13.4. The van der Waals surface area contributed by atoms with Crippen molar-refractivity contribution in [2.45, 2.75) is 16.2 Å². The molecule has 3 N–H and O–H groups in total. The molecule has 3 rings (SSSR count). The van der Waals surface area contributed by atoms with Crippen molar-refractivity contribution in [3.63, 3.8) is 0 Å². The summed E-state index contributed by atoms with van der Waals surface area (Å²) in [5.41, 5.74) is 7.72. The molecule has 0 aliphatic rings. The van der Waals surface area contributed by atoms with Gasteiger partial charge in [0.1, 0.15) is 5.82 Å². The summed E-state index contributed by atoms with van der Waals surface area (Å²) < 4.78 is 13.4. The number of nitrogens with one attached hydrogen (secondary N) is 1. The molecule has 0 aliphatic carbocycles. The van der Waals surface area contributed by atoms with Gasteiger partial charge in [-0.1, -0.05) is 29.4 Å². The van der Waals surface area contributed by atoms with Gasteiger partial charge >= 0.3 is 0 Å². The number of hydrogen-bond donors (Lipinski definition) is 2. The Morgan fingerprint density at radius 1 is 1.14 bits per heavy atom. The fourth-order valence-corrected chi connectivity index (χ4v) is 3.61. The Bertz CT molecular complexity index is 785. The minimum absolute atomic E-state index is 0.239. The van der Waals surface area contributed by atoms with Crippen LogP contribution in [0.1, 0.15) is 5.56 Å². The SMILES string of the molecule is NCCc1ccc(Cl)cc1Sc1c[nH]c2ccc(F)cc12. The summed E-state index contributed by atoms with van der Waals surface area (Å²) in [5, 5.41) is 1.56. The van der Waals surface area contributed by atoms with E-state index in [4.69, 9.17) is 17.3 Å². The van der Waals surface area contributed by atoms with E-state index in [-0.39, 0.29) is 5.82 Å². The van der Waals surface area contributed by atoms with Gasteiger partial charge in [0.2, 0.25) is 0 Å². The van der Waals surface area contributed by atoms with Gasteiger partial charge in [0.15, 0.2) is 0 Å². The van der Waals surface area contributed by atoms with Crippen LogP contribution in [0, 0.1) is 5.82 Å². The number of aromatic amines is 1. The normalized spacial score (nSPS) is 11.2. The molecule has 0 amide bonds. The zero-order valence-electron chi connectivity index (χ0n) is 11.2. The molecule has 3 aromatic rings. The predicted octanol–water partition coefficient (Wildman–Crippen LogP) is 4.61. The first kappa shape index (κ1) is 14.4. The van der Waals surface area contributed by atoms with E-state index >= 15 is 0 Å². The van der Waals surface area contributed by atoms with E-state index in [0.29, 0.717) is 11.6 Å². The first-order valence-electron chi connectivity index (χ1n) is 6.60. The van der Waals surface area contributed by atoms with Crippen molar-refractivity contribution < 1.29 is 4.39 Å². The number of hydrogen-bond acceptors (Lipinski definition) is 2. The second kappa shape index (κ2) is 6.10. The average Bonchev–Trinajstić information content (AvgIpc) is 2.84. The van der Waals surface area contributed by atoms with Crippen LogP contribution in [0.15, 0.2) is 52.4 Å². The molecule has 1 heterocycles. The lowest BCUT2D eigenvalue weighted by molar-refractivity contribution is 0.629. The summed E-state index contributed by atoms with van der Waals surface area (Å²) in [6.45, 7) is 0.581. The third kappa shape index (κ3) is 3.07. The molecule has 1 aromatic heterocycles. The number of nitrogens with two attached hydrogens (primary N) is 1. The number of aromatic nitrogens is 1. The van der Waals surface area contributed by atoms with Gasteiger partial charge in [0.05, 0.1) is 0 Å². The van der Waals surface area contributed by atoms with Crippen LogP contribution < -0.4 is 5.73 Å². The lowest BCUT2D eigenvalue weighted by atomic mass is 10.1. The van der Waals surface area contributed by atoms with Gasteiger partial charge in [-0.3, -0.25) is 0 Å². The first-order chi connectivity index (χ1) is 10.2. The molecule has 2 aromatic carbocycles. The van der Waals surface area contributed by atoms with Crippen molar-refractivity contribution in [1.29, 1.82) is 0 Å². The maximum absolute atomic E-state index is 13.4. The van der Waals surface area contributed by atoms with E-state index in [9.17, 15) is 4.39 Å². The van der Waals surface area contributed by atoms with Crippen LogP contribution in [0.4, 0.5) is 4.39 Å². The smallest absolute Gasteiger partial charge is 0.123 e. The monoisotopic (exact) mass is 320 g/mol. The first-order valence-corrected chi connectivity index (χ1v) is 7.80. The Labute approximate surface area is 131 Å². The van der Waals surface area contributed by atoms with E-state index < -0.39 is 0 Å². The van der Waals surface area contributed by atoms with E-state index in [1.54, 1.807) is 23.9 Å². The zero-order chi connectivity index (χ0) is 14.8. The third-order valence-corrected chi connectivity index (χ3v) is 4.66. The van der Waals surface area contributed by atoms with Crippen LogP contribution in [-0.4, -0.2) is 11.5 Å². The highest BCUT2D eigenvalue weighted by atomic mass is 35.5. The Morgan fingerprint density at radius 3 is 2.81 bits per heavy atom. The Kier molecular flexibility index (Phi) is 4.19. The highest BCUT2D eigenvalue weighted by Crippen LogP contribution is 2.37. The molecule has 5 heteroatoms. The molecule has 0 bridgehead atoms. The van der Waals surface area contributed by atoms with Crippen molar-refractivity contribution in [3.8, 4) is 0 Å². The Morgan fingerprint density at radius 2 is 2.00 bits per heavy atom. The van der Waals surface area contributed by atoms with Gasteiger partial charge in [0, 0.05) is 31.9 Å². The minimum atomic E-state index is -0.239. The number of rotatable bonds is 4. The van der Waals surface area contributed by atoms with Crippen LogP contribution in [0.3, 0.4) is 0 Å². The van der Waals surface area contributed by atoms with E-state index in [1.165, 1.54) is 6.07 Å². The van der Waals surface area contributed by atoms with Crippen molar-refractivity contribution in [1.82, 2.24) is 4.98 Å². The van der Waals surface area contributed by atoms with Crippen LogP contribution in [0.5, 0.6) is 0 Å². The van der Waals surface area contributed by atoms with Crippen LogP contribution >= 0.6 is 23.4 Å². The Hall–Kier alpha value is -1.49. The summed E-state index contributed by atoms with van der Waals surface area (Å²) in [6.07, 6.45) is 2.68. The van der Waals surface area contributed by atoms with Gasteiger partial charge in [-0.2, -0.15) is 0 Å². The number of benzene rings is 2. The standard InChI is InChI=1S/C16H14ClFN2S/c17-11-2-1-10(5-6-19)15(7-11)21-16-9-20-14-4-3-12(18)8-13(14)16/h1-4,7-9,20H,5-6,19H2. The van der Waals surface area contributed by atoms with Gasteiger partial charge in [0.25, 0.3) is 0 Å². The lowest BCUT2D eigenvalue weighted by Gasteiger charge is -2.08. The van der Waals surface area contributed by atoms with Crippen LogP contribution in [0.2, 0.25) is 5.02 Å². The Balaban J connectivity index is 2.02. The molecule has 0 radical (unpaired) electrons. The molecule has 0 saturated carbocycles. The summed E-state index contributed by atoms with van der Waals surface area (Å²) in [5.74, 6) is -0.239. The van der Waals surface area contributed by atoms with Crippen molar-refractivity contribution in [2.75, 3.05) is 6.54 Å². The minimum Gasteiger partial charge on any atom is -0.360 e. The third-order valence-electron chi connectivity index (χ3n) is 3.27. The quantitative estimate of drug-likeness (QED) is 0.737. The predicted molar refractivity (Wildman–Crippen MR) is 86.6 cm³/mol. The topological polar surface area (TPSA) is 41.8 Å². The van der Waals surface area contributed by atoms with E-state index in [2.05, 4.69) is 4.98 Å². The van der Waals surface area contributed by atoms with Gasteiger partial charge in [-0.15, -0.1) is 0 Å². The summed E-state index contributed by atoms with van der Waals surface area (Å²) in [6, 6.07) is 10.5. The highest BCUT2D eigenvalue weighted by molar-refractivity contribution is 7.99. The molecule has 108 valence electrons. The maximum Gasteiger partial charge on any atom is 0.123 e. The highest BCUT2D eigenvalue weighted by Gasteiger charge is 2.10. The fraction of sp³-hybridized carbons (Fsp3) is 0.125. The zero-order valence-corrected chi connectivity index (χ0v) is 12.8. The molecule has 0 aliphatic heterocycles. The van der Waals surface area contributed by atoms with Crippen molar-refractivity contribution >= 4 is 34.3 Å². The molecule has 2 nitrogen and oxygen atoms in total. The van der Waals surface area contributed by atoms with Crippen LogP contribution in [-0.2, 0) is 6.42 Å². The molecule has 21 heavy (non-hydrogen) atoms.